The van der Waals surface area contributed by atoms with E-state index in [0.29, 0.717) is 0 Å². The molecule has 0 aliphatic heterocycles. The molecule has 0 bridgehead atoms. The Labute approximate surface area is 181 Å². The number of rotatable bonds is 5. The molecule has 0 aliphatic carbocycles. The van der Waals surface area contributed by atoms with E-state index >= 15 is 4.57 Å². The van der Waals surface area contributed by atoms with Crippen LogP contribution in [-0.4, -0.2) is 18.6 Å². The molecular weight excluding hydrogens is 405 g/mol. The van der Waals surface area contributed by atoms with Crippen molar-refractivity contribution in [2.24, 2.45) is 0 Å². The van der Waals surface area contributed by atoms with Gasteiger partial charge in [0.05, 0.1) is 25.3 Å². The summed E-state index contributed by atoms with van der Waals surface area (Å²) in [7, 11) is -0.0148. The zero-order valence-electron chi connectivity index (χ0n) is 17.4. The second-order valence-electron chi connectivity index (χ2n) is 7.32. The maximum absolute atomic E-state index is 15.2. The molecule has 5 rings (SSSR count). The summed E-state index contributed by atoms with van der Waals surface area (Å²) in [4.78, 5) is 0. The van der Waals surface area contributed by atoms with Crippen LogP contribution in [-0.2, 0) is 4.57 Å². The van der Waals surface area contributed by atoms with Gasteiger partial charge in [0.1, 0.15) is 11.5 Å². The fourth-order valence-corrected chi connectivity index (χ4v) is 6.98. The van der Waals surface area contributed by atoms with Gasteiger partial charge in [-0.2, -0.15) is 0 Å². The van der Waals surface area contributed by atoms with Gasteiger partial charge in [-0.25, -0.2) is 0 Å². The van der Waals surface area contributed by atoms with Gasteiger partial charge in [-0.1, -0.05) is 36.4 Å². The monoisotopic (exact) mass is 427 g/mol. The molecule has 5 heteroatoms. The molecule has 0 atom stereocenters. The van der Waals surface area contributed by atoms with Gasteiger partial charge in [0, 0.05) is 21.4 Å². The minimum atomic E-state index is -3.27. The Balaban J connectivity index is 1.89. The van der Waals surface area contributed by atoms with Crippen molar-refractivity contribution in [2.45, 2.75) is 0 Å². The van der Waals surface area contributed by atoms with Crippen molar-refractivity contribution in [1.82, 2.24) is 4.34 Å². The molecule has 0 N–H and O–H groups in total. The minimum Gasteiger partial charge on any atom is -0.497 e. The van der Waals surface area contributed by atoms with Crippen LogP contribution in [0.2, 0.25) is 0 Å². The van der Waals surface area contributed by atoms with E-state index in [4.69, 9.17) is 9.47 Å². The molecule has 0 fully saturated rings. The van der Waals surface area contributed by atoms with Crippen LogP contribution in [0.3, 0.4) is 0 Å². The first-order valence-electron chi connectivity index (χ1n) is 10.0. The molecule has 1 heterocycles. The molecule has 0 saturated heterocycles. The van der Waals surface area contributed by atoms with Gasteiger partial charge < -0.3 is 9.47 Å². The Morgan fingerprint density at radius 2 is 0.968 bits per heavy atom. The first-order valence-corrected chi connectivity index (χ1v) is 11.7. The normalized spacial score (nSPS) is 11.7. The van der Waals surface area contributed by atoms with E-state index in [-0.39, 0.29) is 0 Å². The highest BCUT2D eigenvalue weighted by atomic mass is 31.2. The number of fused-ring (bicyclic) bond motifs is 3. The fourth-order valence-electron chi connectivity index (χ4n) is 4.15. The van der Waals surface area contributed by atoms with Crippen LogP contribution in [0.5, 0.6) is 11.5 Å². The highest BCUT2D eigenvalue weighted by molar-refractivity contribution is 7.77. The number of hydrogen-bond acceptors (Lipinski definition) is 3. The van der Waals surface area contributed by atoms with E-state index in [9.17, 15) is 0 Å². The molecule has 0 spiro atoms. The number of aromatic nitrogens is 1. The number of methoxy groups -OCH3 is 2. The topological polar surface area (TPSA) is 40.5 Å². The average Bonchev–Trinajstić information content (AvgIpc) is 3.19. The number of hydrogen-bond donors (Lipinski definition) is 0. The first kappa shape index (κ1) is 19.5. The highest BCUT2D eigenvalue weighted by Gasteiger charge is 2.33. The van der Waals surface area contributed by atoms with E-state index in [0.717, 1.165) is 43.9 Å². The Hall–Kier alpha value is -3.49. The van der Waals surface area contributed by atoms with Crippen LogP contribution in [0.15, 0.2) is 97.1 Å². The minimum absolute atomic E-state index is 0.729. The standard InChI is InChI=1S/C26H22NO3P/c1-29-19-11-15-21(16-12-19)31(28,22-17-13-20(30-2)14-18-22)27-25-9-5-3-7-23(25)24-8-4-6-10-26(24)27/h3-18H,1-2H3. The fraction of sp³-hybridized carbons (Fsp3) is 0.0769. The first-order chi connectivity index (χ1) is 15.2. The van der Waals surface area contributed by atoms with Crippen molar-refractivity contribution in [3.05, 3.63) is 97.1 Å². The van der Waals surface area contributed by atoms with Crippen LogP contribution in [0.4, 0.5) is 0 Å². The second kappa shape index (κ2) is 7.64. The molecule has 5 aromatic rings. The number of ether oxygens (including phenoxy) is 2. The number of para-hydroxylation sites is 2. The lowest BCUT2D eigenvalue weighted by Crippen LogP contribution is -2.21. The van der Waals surface area contributed by atoms with E-state index in [1.165, 1.54) is 0 Å². The van der Waals surface area contributed by atoms with Crippen LogP contribution in [0.1, 0.15) is 0 Å². The smallest absolute Gasteiger partial charge is 0.234 e. The molecule has 0 amide bonds. The molecule has 0 aliphatic rings. The average molecular weight is 427 g/mol. The summed E-state index contributed by atoms with van der Waals surface area (Å²) in [5.41, 5.74) is 1.89. The maximum Gasteiger partial charge on any atom is 0.234 e. The number of benzene rings is 4. The summed E-state index contributed by atoms with van der Waals surface area (Å²) in [6.07, 6.45) is 0. The van der Waals surface area contributed by atoms with Crippen molar-refractivity contribution >= 4 is 39.7 Å². The molecule has 154 valence electrons. The summed E-state index contributed by atoms with van der Waals surface area (Å²) in [6, 6.07) is 31.3. The van der Waals surface area contributed by atoms with Crippen LogP contribution < -0.4 is 20.1 Å². The Kier molecular flexibility index (Phi) is 4.80. The summed E-state index contributed by atoms with van der Waals surface area (Å²) in [5, 5.41) is 3.65. The lowest BCUT2D eigenvalue weighted by Gasteiger charge is -2.23. The SMILES string of the molecule is COc1ccc(P(=O)(c2ccc(OC)cc2)n2c3ccccc3c3ccccc32)cc1. The van der Waals surface area contributed by atoms with Crippen LogP contribution >= 0.6 is 7.29 Å². The van der Waals surface area contributed by atoms with E-state index in [1.54, 1.807) is 14.2 Å². The quantitative estimate of drug-likeness (QED) is 0.344. The predicted octanol–water partition coefficient (Wildman–Crippen LogP) is 5.59. The third kappa shape index (κ3) is 3.03. The molecule has 1 aromatic heterocycles. The Morgan fingerprint density at radius 1 is 0.581 bits per heavy atom. The largest absolute Gasteiger partial charge is 0.497 e. The van der Waals surface area contributed by atoms with Crippen molar-refractivity contribution in [1.29, 1.82) is 0 Å². The van der Waals surface area contributed by atoms with Crippen molar-refractivity contribution < 1.29 is 14.0 Å². The van der Waals surface area contributed by atoms with E-state index in [1.807, 2.05) is 89.3 Å². The Bertz CT molecular complexity index is 1310. The second-order valence-corrected chi connectivity index (χ2v) is 9.90. The summed E-state index contributed by atoms with van der Waals surface area (Å²) < 4.78 is 27.9. The lowest BCUT2D eigenvalue weighted by molar-refractivity contribution is 0.415. The maximum atomic E-state index is 15.2. The zero-order valence-corrected chi connectivity index (χ0v) is 18.3. The molecule has 31 heavy (non-hydrogen) atoms. The summed E-state index contributed by atoms with van der Waals surface area (Å²) >= 11 is 0. The highest BCUT2D eigenvalue weighted by Crippen LogP contribution is 2.51. The van der Waals surface area contributed by atoms with Gasteiger partial charge >= 0.3 is 0 Å². The third-order valence-corrected chi connectivity index (χ3v) is 8.67. The lowest BCUT2D eigenvalue weighted by atomic mass is 10.2. The van der Waals surface area contributed by atoms with Crippen molar-refractivity contribution in [3.8, 4) is 11.5 Å². The predicted molar refractivity (Wildman–Crippen MR) is 128 cm³/mol. The van der Waals surface area contributed by atoms with Crippen LogP contribution in [0.25, 0.3) is 21.8 Å². The molecule has 0 unspecified atom stereocenters. The zero-order chi connectivity index (χ0) is 21.4. The Morgan fingerprint density at radius 3 is 1.35 bits per heavy atom. The molecule has 0 saturated carbocycles. The van der Waals surface area contributed by atoms with Crippen LogP contribution in [0, 0.1) is 0 Å². The molecule has 4 aromatic carbocycles. The van der Waals surface area contributed by atoms with E-state index < -0.39 is 7.29 Å². The van der Waals surface area contributed by atoms with Crippen molar-refractivity contribution in [2.75, 3.05) is 14.2 Å². The van der Waals surface area contributed by atoms with Crippen molar-refractivity contribution in [3.63, 3.8) is 0 Å². The molecule has 0 radical (unpaired) electrons. The van der Waals surface area contributed by atoms with Gasteiger partial charge in [0.2, 0.25) is 7.29 Å². The van der Waals surface area contributed by atoms with Gasteiger partial charge in [-0.3, -0.25) is 8.90 Å². The third-order valence-electron chi connectivity index (χ3n) is 5.68. The van der Waals surface area contributed by atoms with Gasteiger partial charge in [0.25, 0.3) is 0 Å². The van der Waals surface area contributed by atoms with E-state index in [2.05, 4.69) is 12.1 Å². The summed E-state index contributed by atoms with van der Waals surface area (Å²) in [6.45, 7) is 0. The number of nitrogens with zero attached hydrogens (tertiary/aromatic N) is 1. The van der Waals surface area contributed by atoms with Gasteiger partial charge in [-0.05, 0) is 60.7 Å². The molecule has 4 nitrogen and oxygen atoms in total. The van der Waals surface area contributed by atoms with Gasteiger partial charge in [0.15, 0.2) is 0 Å². The van der Waals surface area contributed by atoms with Gasteiger partial charge in [-0.15, -0.1) is 0 Å². The molecular formula is C26H22NO3P. The summed E-state index contributed by atoms with van der Waals surface area (Å²) in [5.74, 6) is 1.46.